The molecule has 0 fully saturated rings. The number of carbonyl (C=O) groups excluding carboxylic acids is 2. The van der Waals surface area contributed by atoms with Crippen molar-refractivity contribution in [3.05, 3.63) is 36.0 Å². The van der Waals surface area contributed by atoms with Crippen LogP contribution in [-0.2, 0) is 16.0 Å². The lowest BCUT2D eigenvalue weighted by molar-refractivity contribution is -0.120. The van der Waals surface area contributed by atoms with Gasteiger partial charge in [-0.15, -0.1) is 0 Å². The van der Waals surface area contributed by atoms with Crippen LogP contribution in [-0.4, -0.2) is 35.9 Å². The van der Waals surface area contributed by atoms with E-state index >= 15 is 0 Å². The molecule has 1 atom stereocenters. The summed E-state index contributed by atoms with van der Waals surface area (Å²) in [5.41, 5.74) is 2.44. The number of fused-ring (bicyclic) bond motifs is 1. The number of hydrogen-bond donors (Lipinski definition) is 1. The summed E-state index contributed by atoms with van der Waals surface area (Å²) in [5.74, 6) is 0.587. The maximum Gasteiger partial charge on any atom is 0.233 e. The minimum atomic E-state index is -0.440. The third-order valence-corrected chi connectivity index (χ3v) is 3.95. The number of thioether (sulfide) groups is 1. The number of hydrogen-bond acceptors (Lipinski definition) is 5. The Labute approximate surface area is 127 Å². The molecule has 5 nitrogen and oxygen atoms in total. The molecule has 0 spiro atoms. The number of rotatable bonds is 6. The van der Waals surface area contributed by atoms with Crippen molar-refractivity contribution in [2.75, 3.05) is 14.2 Å². The smallest absolute Gasteiger partial charge is 0.233 e. The topological polar surface area (TPSA) is 68.3 Å². The molecule has 0 aliphatic heterocycles. The maximum absolute atomic E-state index is 11.7. The van der Waals surface area contributed by atoms with Gasteiger partial charge in [-0.05, 0) is 30.2 Å². The van der Waals surface area contributed by atoms with Gasteiger partial charge in [0.05, 0.1) is 17.9 Å². The molecule has 0 aliphatic rings. The van der Waals surface area contributed by atoms with Gasteiger partial charge in [-0.2, -0.15) is 0 Å². The molecule has 110 valence electrons. The summed E-state index contributed by atoms with van der Waals surface area (Å²) in [5, 5.41) is 3.10. The minimum Gasteiger partial charge on any atom is -0.497 e. The van der Waals surface area contributed by atoms with Gasteiger partial charge in [0.25, 0.3) is 0 Å². The second-order valence-electron chi connectivity index (χ2n) is 4.44. The molecule has 0 radical (unpaired) electrons. The van der Waals surface area contributed by atoms with Crippen LogP contribution >= 0.6 is 11.8 Å². The first-order valence-corrected chi connectivity index (χ1v) is 7.35. The van der Waals surface area contributed by atoms with Crippen molar-refractivity contribution in [3.63, 3.8) is 0 Å². The molecule has 1 aromatic heterocycles. The molecular weight excluding hydrogens is 288 g/mol. The first kappa shape index (κ1) is 15.3. The molecule has 0 aliphatic carbocycles. The highest BCUT2D eigenvalue weighted by molar-refractivity contribution is 8.13. The number of amides is 1. The van der Waals surface area contributed by atoms with Gasteiger partial charge in [0, 0.05) is 24.7 Å². The van der Waals surface area contributed by atoms with Crippen LogP contribution in [0.4, 0.5) is 0 Å². The van der Waals surface area contributed by atoms with Gasteiger partial charge < -0.3 is 10.1 Å². The fourth-order valence-electron chi connectivity index (χ4n) is 2.03. The van der Waals surface area contributed by atoms with Gasteiger partial charge in [0.1, 0.15) is 5.75 Å². The molecule has 1 aromatic carbocycles. The molecule has 1 heterocycles. The second-order valence-corrected chi connectivity index (χ2v) is 5.48. The third-order valence-electron chi connectivity index (χ3n) is 3.13. The average molecular weight is 304 g/mol. The zero-order valence-electron chi connectivity index (χ0n) is 11.8. The van der Waals surface area contributed by atoms with E-state index in [1.807, 2.05) is 24.3 Å². The molecule has 2 rings (SSSR count). The Morgan fingerprint density at radius 2 is 2.29 bits per heavy atom. The van der Waals surface area contributed by atoms with Crippen LogP contribution in [0.5, 0.6) is 5.75 Å². The Morgan fingerprint density at radius 1 is 1.48 bits per heavy atom. The molecule has 1 N–H and O–H groups in total. The summed E-state index contributed by atoms with van der Waals surface area (Å²) in [6.07, 6.45) is 2.18. The molecular formula is C15H16N2O3S. The molecule has 0 saturated heterocycles. The molecule has 2 aromatic rings. The van der Waals surface area contributed by atoms with Crippen molar-refractivity contribution in [2.24, 2.45) is 0 Å². The van der Waals surface area contributed by atoms with E-state index in [0.29, 0.717) is 12.0 Å². The summed E-state index contributed by atoms with van der Waals surface area (Å²) in [6, 6.07) is 7.62. The predicted octanol–water partition coefficient (Wildman–Crippen LogP) is 1.82. The van der Waals surface area contributed by atoms with Crippen molar-refractivity contribution < 1.29 is 14.3 Å². The highest BCUT2D eigenvalue weighted by Crippen LogP contribution is 2.21. The Hall–Kier alpha value is -2.08. The zero-order chi connectivity index (χ0) is 15.2. The predicted molar refractivity (Wildman–Crippen MR) is 84.2 cm³/mol. The average Bonchev–Trinajstić information content (AvgIpc) is 2.53. The van der Waals surface area contributed by atoms with Crippen LogP contribution < -0.4 is 10.1 Å². The number of pyridine rings is 1. The summed E-state index contributed by atoms with van der Waals surface area (Å²) in [4.78, 5) is 26.8. The number of benzene rings is 1. The number of aromatic nitrogens is 1. The minimum absolute atomic E-state index is 0.165. The summed E-state index contributed by atoms with van der Waals surface area (Å²) in [7, 11) is 3.17. The van der Waals surface area contributed by atoms with Gasteiger partial charge in [0.15, 0.2) is 5.62 Å². The van der Waals surface area contributed by atoms with E-state index in [9.17, 15) is 9.59 Å². The number of nitrogens with zero attached hydrogens (tertiary/aromatic N) is 1. The molecule has 21 heavy (non-hydrogen) atoms. The number of carbonyl (C=O) groups is 2. The summed E-state index contributed by atoms with van der Waals surface area (Å²) >= 11 is 0.975. The lowest BCUT2D eigenvalue weighted by Gasteiger charge is -2.12. The Kier molecular flexibility index (Phi) is 5.16. The largest absolute Gasteiger partial charge is 0.497 e. The first-order valence-electron chi connectivity index (χ1n) is 6.41. The third kappa shape index (κ3) is 3.72. The van der Waals surface area contributed by atoms with Crippen LogP contribution in [0.1, 0.15) is 5.56 Å². The Morgan fingerprint density at radius 3 is 2.95 bits per heavy atom. The van der Waals surface area contributed by atoms with E-state index in [-0.39, 0.29) is 5.91 Å². The summed E-state index contributed by atoms with van der Waals surface area (Å²) < 4.78 is 5.16. The monoisotopic (exact) mass is 304 g/mol. The summed E-state index contributed by atoms with van der Waals surface area (Å²) in [6.45, 7) is 0. The van der Waals surface area contributed by atoms with Crippen molar-refractivity contribution in [1.82, 2.24) is 10.3 Å². The van der Waals surface area contributed by atoms with E-state index in [1.165, 1.54) is 0 Å². The van der Waals surface area contributed by atoms with E-state index in [2.05, 4.69) is 10.3 Å². The fourth-order valence-corrected chi connectivity index (χ4v) is 2.69. The lowest BCUT2D eigenvalue weighted by atomic mass is 10.1. The molecule has 0 saturated carbocycles. The molecule has 1 unspecified atom stereocenters. The van der Waals surface area contributed by atoms with Crippen molar-refractivity contribution >= 4 is 34.2 Å². The molecule has 1 amide bonds. The Bertz CT molecular complexity index is 660. The van der Waals surface area contributed by atoms with Crippen LogP contribution in [0.2, 0.25) is 0 Å². The van der Waals surface area contributed by atoms with E-state index in [1.54, 1.807) is 20.4 Å². The van der Waals surface area contributed by atoms with Gasteiger partial charge in [-0.25, -0.2) is 0 Å². The van der Waals surface area contributed by atoms with Crippen molar-refractivity contribution in [2.45, 2.75) is 11.7 Å². The van der Waals surface area contributed by atoms with Gasteiger partial charge in [-0.1, -0.05) is 11.8 Å². The standard InChI is InChI=1S/C15H16N2O3S/c1-16-15(19)14(21-9-18)6-10-5-11-3-4-12(20-2)7-13(11)17-8-10/h3-5,7-9,14H,6H2,1-2H3,(H,16,19). The fraction of sp³-hybridized carbons (Fsp3) is 0.267. The highest BCUT2D eigenvalue weighted by Gasteiger charge is 2.18. The van der Waals surface area contributed by atoms with Crippen molar-refractivity contribution in [3.8, 4) is 5.75 Å². The quantitative estimate of drug-likeness (QED) is 0.825. The van der Waals surface area contributed by atoms with Crippen LogP contribution in [0.3, 0.4) is 0 Å². The number of methoxy groups -OCH3 is 1. The zero-order valence-corrected chi connectivity index (χ0v) is 12.6. The van der Waals surface area contributed by atoms with Gasteiger partial charge in [0.2, 0.25) is 5.91 Å². The van der Waals surface area contributed by atoms with Gasteiger partial charge >= 0.3 is 0 Å². The Balaban J connectivity index is 2.25. The highest BCUT2D eigenvalue weighted by atomic mass is 32.2. The second kappa shape index (κ2) is 7.08. The van der Waals surface area contributed by atoms with E-state index in [4.69, 9.17) is 4.74 Å². The first-order chi connectivity index (χ1) is 10.2. The van der Waals surface area contributed by atoms with Gasteiger partial charge in [-0.3, -0.25) is 14.6 Å². The lowest BCUT2D eigenvalue weighted by Crippen LogP contribution is -2.31. The van der Waals surface area contributed by atoms with Crippen LogP contribution in [0, 0.1) is 0 Å². The van der Waals surface area contributed by atoms with E-state index in [0.717, 1.165) is 34.0 Å². The normalized spacial score (nSPS) is 11.9. The van der Waals surface area contributed by atoms with Crippen LogP contribution in [0.25, 0.3) is 10.9 Å². The SMILES string of the molecule is CNC(=O)C(Cc1cnc2cc(OC)ccc2c1)SC=O. The maximum atomic E-state index is 11.7. The van der Waals surface area contributed by atoms with E-state index < -0.39 is 5.25 Å². The molecule has 0 bridgehead atoms. The number of nitrogens with one attached hydrogen (secondary N) is 1. The molecule has 6 heteroatoms. The number of ether oxygens (including phenoxy) is 1. The van der Waals surface area contributed by atoms with Crippen molar-refractivity contribution in [1.29, 1.82) is 0 Å². The van der Waals surface area contributed by atoms with Crippen LogP contribution in [0.15, 0.2) is 30.5 Å².